The van der Waals surface area contributed by atoms with Gasteiger partial charge in [0, 0.05) is 16.9 Å². The normalized spacial score (nSPS) is 11.1. The lowest BCUT2D eigenvalue weighted by Gasteiger charge is -2.06. The van der Waals surface area contributed by atoms with E-state index in [4.69, 9.17) is 11.5 Å². The molecule has 19 heavy (non-hydrogen) atoms. The summed E-state index contributed by atoms with van der Waals surface area (Å²) in [6, 6.07) is 8.26. The summed E-state index contributed by atoms with van der Waals surface area (Å²) in [6.07, 6.45) is 0. The molecule has 0 bridgehead atoms. The van der Waals surface area contributed by atoms with Gasteiger partial charge in [-0.25, -0.2) is 9.37 Å². The molecule has 0 unspecified atom stereocenters. The van der Waals surface area contributed by atoms with E-state index in [1.807, 2.05) is 19.1 Å². The van der Waals surface area contributed by atoms with Crippen LogP contribution in [-0.2, 0) is 0 Å². The Labute approximate surface area is 113 Å². The molecule has 0 saturated heterocycles. The van der Waals surface area contributed by atoms with Gasteiger partial charge < -0.3 is 11.5 Å². The van der Waals surface area contributed by atoms with Crippen molar-refractivity contribution >= 4 is 32.9 Å². The van der Waals surface area contributed by atoms with Gasteiger partial charge in [-0.2, -0.15) is 0 Å². The Kier molecular flexibility index (Phi) is 2.64. The summed E-state index contributed by atoms with van der Waals surface area (Å²) >= 11 is 1.43. The zero-order valence-electron chi connectivity index (χ0n) is 10.3. The molecule has 1 heterocycles. The van der Waals surface area contributed by atoms with E-state index >= 15 is 0 Å². The lowest BCUT2D eigenvalue weighted by Crippen LogP contribution is -1.96. The average Bonchev–Trinajstić information content (AvgIpc) is 2.78. The van der Waals surface area contributed by atoms with E-state index in [-0.39, 0.29) is 5.82 Å². The Morgan fingerprint density at radius 3 is 2.47 bits per heavy atom. The van der Waals surface area contributed by atoms with Gasteiger partial charge in [0.05, 0.1) is 10.2 Å². The Bertz CT molecular complexity index is 756. The van der Waals surface area contributed by atoms with Crippen molar-refractivity contribution in [3.05, 3.63) is 41.7 Å². The molecule has 0 aliphatic rings. The topological polar surface area (TPSA) is 64.9 Å². The van der Waals surface area contributed by atoms with Gasteiger partial charge in [-0.3, -0.25) is 0 Å². The number of hydrogen-bond donors (Lipinski definition) is 2. The number of benzene rings is 2. The largest absolute Gasteiger partial charge is 0.398 e. The van der Waals surface area contributed by atoms with Gasteiger partial charge in [0.2, 0.25) is 0 Å². The van der Waals surface area contributed by atoms with Crippen molar-refractivity contribution in [3.63, 3.8) is 0 Å². The molecule has 0 amide bonds. The monoisotopic (exact) mass is 273 g/mol. The fraction of sp³-hybridized carbons (Fsp3) is 0.0714. The van der Waals surface area contributed by atoms with E-state index in [0.29, 0.717) is 11.4 Å². The summed E-state index contributed by atoms with van der Waals surface area (Å²) in [6.45, 7) is 1.88. The number of hydrogen-bond acceptors (Lipinski definition) is 4. The Morgan fingerprint density at radius 2 is 1.79 bits per heavy atom. The zero-order chi connectivity index (χ0) is 13.6. The molecular formula is C14H12FN3S. The first kappa shape index (κ1) is 11.9. The van der Waals surface area contributed by atoms with Crippen molar-refractivity contribution in [2.24, 2.45) is 0 Å². The third kappa shape index (κ3) is 2.02. The Morgan fingerprint density at radius 1 is 1.11 bits per heavy atom. The summed E-state index contributed by atoms with van der Waals surface area (Å²) in [7, 11) is 0. The molecule has 3 aromatic rings. The van der Waals surface area contributed by atoms with Gasteiger partial charge in [0.25, 0.3) is 0 Å². The third-order valence-corrected chi connectivity index (χ3v) is 4.15. The molecule has 0 aliphatic heterocycles. The van der Waals surface area contributed by atoms with E-state index in [9.17, 15) is 4.39 Å². The fourth-order valence-corrected chi connectivity index (χ4v) is 2.88. The van der Waals surface area contributed by atoms with Gasteiger partial charge in [-0.05, 0) is 42.8 Å². The van der Waals surface area contributed by atoms with Gasteiger partial charge in [-0.15, -0.1) is 11.3 Å². The van der Waals surface area contributed by atoms with Gasteiger partial charge in [0.15, 0.2) is 0 Å². The smallest absolute Gasteiger partial charge is 0.124 e. The highest BCUT2D eigenvalue weighted by atomic mass is 32.1. The second kappa shape index (κ2) is 4.20. The average molecular weight is 273 g/mol. The van der Waals surface area contributed by atoms with Crippen molar-refractivity contribution < 1.29 is 4.39 Å². The third-order valence-electron chi connectivity index (χ3n) is 3.09. The summed E-state index contributed by atoms with van der Waals surface area (Å²) < 4.78 is 14.0. The molecule has 3 rings (SSSR count). The minimum atomic E-state index is -0.259. The molecule has 5 heteroatoms. The first-order valence-corrected chi connectivity index (χ1v) is 6.58. The molecule has 3 nitrogen and oxygen atoms in total. The molecule has 0 atom stereocenters. The highest BCUT2D eigenvalue weighted by Gasteiger charge is 2.10. The molecule has 0 aliphatic carbocycles. The molecular weight excluding hydrogens is 261 g/mol. The minimum Gasteiger partial charge on any atom is -0.398 e. The van der Waals surface area contributed by atoms with Crippen LogP contribution in [0.1, 0.15) is 5.56 Å². The van der Waals surface area contributed by atoms with E-state index < -0.39 is 0 Å². The number of nitrogens with two attached hydrogens (primary N) is 2. The van der Waals surface area contributed by atoms with Gasteiger partial charge >= 0.3 is 0 Å². The number of nitrogen functional groups attached to an aromatic ring is 2. The second-order valence-corrected chi connectivity index (χ2v) is 5.44. The fourth-order valence-electron chi connectivity index (χ4n) is 1.91. The quantitative estimate of drug-likeness (QED) is 0.666. The van der Waals surface area contributed by atoms with Crippen LogP contribution in [-0.4, -0.2) is 4.98 Å². The number of rotatable bonds is 1. The van der Waals surface area contributed by atoms with E-state index in [0.717, 1.165) is 26.4 Å². The summed E-state index contributed by atoms with van der Waals surface area (Å²) in [5.74, 6) is -0.259. The molecule has 0 fully saturated rings. The first-order chi connectivity index (χ1) is 9.04. The molecule has 2 aromatic carbocycles. The Hall–Kier alpha value is -2.14. The van der Waals surface area contributed by atoms with Gasteiger partial charge in [0.1, 0.15) is 10.8 Å². The predicted octanol–water partition coefficient (Wildman–Crippen LogP) is 3.58. The van der Waals surface area contributed by atoms with Crippen molar-refractivity contribution in [1.29, 1.82) is 0 Å². The molecule has 0 spiro atoms. The van der Waals surface area contributed by atoms with E-state index in [1.165, 1.54) is 23.5 Å². The number of halogens is 1. The number of aromatic nitrogens is 1. The van der Waals surface area contributed by atoms with Gasteiger partial charge in [-0.1, -0.05) is 0 Å². The second-order valence-electron chi connectivity index (χ2n) is 4.41. The van der Waals surface area contributed by atoms with Crippen molar-refractivity contribution in [1.82, 2.24) is 4.98 Å². The Balaban J connectivity index is 2.19. The summed E-state index contributed by atoms with van der Waals surface area (Å²) in [5.41, 5.74) is 15.6. The van der Waals surface area contributed by atoms with Crippen LogP contribution >= 0.6 is 11.3 Å². The SMILES string of the molecule is Cc1c(N)cc(-c2nc3ccc(F)cc3s2)cc1N. The molecule has 96 valence electrons. The van der Waals surface area contributed by atoms with Crippen LogP contribution in [0.5, 0.6) is 0 Å². The van der Waals surface area contributed by atoms with Crippen LogP contribution < -0.4 is 11.5 Å². The van der Waals surface area contributed by atoms with Crippen molar-refractivity contribution in [2.75, 3.05) is 11.5 Å². The lowest BCUT2D eigenvalue weighted by atomic mass is 10.1. The number of anilines is 2. The highest BCUT2D eigenvalue weighted by molar-refractivity contribution is 7.21. The minimum absolute atomic E-state index is 0.259. The molecule has 0 radical (unpaired) electrons. The molecule has 4 N–H and O–H groups in total. The maximum atomic E-state index is 13.2. The van der Waals surface area contributed by atoms with Crippen LogP contribution in [0.25, 0.3) is 20.8 Å². The number of nitrogens with zero attached hydrogens (tertiary/aromatic N) is 1. The zero-order valence-corrected chi connectivity index (χ0v) is 11.1. The van der Waals surface area contributed by atoms with Crippen LogP contribution in [0.3, 0.4) is 0 Å². The number of thiazole rings is 1. The highest BCUT2D eigenvalue weighted by Crippen LogP contribution is 2.34. The predicted molar refractivity (Wildman–Crippen MR) is 78.6 cm³/mol. The summed E-state index contributed by atoms with van der Waals surface area (Å²) in [4.78, 5) is 4.48. The summed E-state index contributed by atoms with van der Waals surface area (Å²) in [5, 5.41) is 0.791. The van der Waals surface area contributed by atoms with E-state index in [1.54, 1.807) is 6.07 Å². The van der Waals surface area contributed by atoms with Crippen LogP contribution in [0.4, 0.5) is 15.8 Å². The first-order valence-electron chi connectivity index (χ1n) is 5.76. The van der Waals surface area contributed by atoms with Crippen LogP contribution in [0, 0.1) is 12.7 Å². The maximum absolute atomic E-state index is 13.2. The van der Waals surface area contributed by atoms with E-state index in [2.05, 4.69) is 4.98 Å². The van der Waals surface area contributed by atoms with Crippen molar-refractivity contribution in [3.8, 4) is 10.6 Å². The van der Waals surface area contributed by atoms with Crippen LogP contribution in [0.2, 0.25) is 0 Å². The standard InChI is InChI=1S/C14H12FN3S/c1-7-10(16)4-8(5-11(7)17)14-18-12-3-2-9(15)6-13(12)19-14/h2-6H,16-17H2,1H3. The van der Waals surface area contributed by atoms with Crippen LogP contribution in [0.15, 0.2) is 30.3 Å². The molecule has 1 aromatic heterocycles. The maximum Gasteiger partial charge on any atom is 0.124 e. The van der Waals surface area contributed by atoms with Crippen molar-refractivity contribution in [2.45, 2.75) is 6.92 Å². The number of fused-ring (bicyclic) bond motifs is 1. The molecule has 0 saturated carbocycles. The lowest BCUT2D eigenvalue weighted by molar-refractivity contribution is 0.630.